The van der Waals surface area contributed by atoms with E-state index in [1.807, 2.05) is 16.7 Å². The maximum absolute atomic E-state index is 13.1. The van der Waals surface area contributed by atoms with Crippen LogP contribution < -0.4 is 10.1 Å². The van der Waals surface area contributed by atoms with Gasteiger partial charge in [0, 0.05) is 17.6 Å². The first-order valence-electron chi connectivity index (χ1n) is 9.80. The van der Waals surface area contributed by atoms with Gasteiger partial charge in [-0.2, -0.15) is 10.1 Å². The van der Waals surface area contributed by atoms with Crippen LogP contribution in [0, 0.1) is 0 Å². The van der Waals surface area contributed by atoms with E-state index >= 15 is 0 Å². The number of benzene rings is 2. The molecule has 1 amide bonds. The van der Waals surface area contributed by atoms with Crippen molar-refractivity contribution in [3.05, 3.63) is 83.7 Å². The van der Waals surface area contributed by atoms with Crippen molar-refractivity contribution in [3.8, 4) is 5.69 Å². The second-order valence-electron chi connectivity index (χ2n) is 7.24. The molecule has 2 heterocycles. The smallest absolute Gasteiger partial charge is 0.337 e. The number of esters is 1. The molecule has 0 spiro atoms. The number of rotatable bonds is 5. The maximum Gasteiger partial charge on any atom is 0.337 e. The number of ether oxygens (including phenoxy) is 1. The van der Waals surface area contributed by atoms with Crippen LogP contribution in [0.5, 0.6) is 0 Å². The Balaban J connectivity index is 1.63. The van der Waals surface area contributed by atoms with Crippen molar-refractivity contribution in [2.45, 2.75) is 11.8 Å². The molecule has 0 unspecified atom stereocenters. The van der Waals surface area contributed by atoms with Crippen LogP contribution in [0.25, 0.3) is 11.8 Å². The van der Waals surface area contributed by atoms with Crippen LogP contribution in [-0.4, -0.2) is 37.7 Å². The first-order valence-corrected chi connectivity index (χ1v) is 11.3. The molecule has 9 nitrogen and oxygen atoms in total. The summed E-state index contributed by atoms with van der Waals surface area (Å²) in [6.45, 7) is 1.74. The average Bonchev–Trinajstić information content (AvgIpc) is 3.38. The quantitative estimate of drug-likeness (QED) is 0.459. The highest BCUT2D eigenvalue weighted by Gasteiger charge is 2.29. The second-order valence-corrected chi connectivity index (χ2v) is 8.80. The van der Waals surface area contributed by atoms with Gasteiger partial charge >= 0.3 is 5.97 Å². The van der Waals surface area contributed by atoms with E-state index in [0.717, 1.165) is 0 Å². The molecule has 4 rings (SSSR count). The zero-order valence-electron chi connectivity index (χ0n) is 17.8. The average molecular weight is 465 g/mol. The molecular formula is C23H20N4O5S. The lowest BCUT2D eigenvalue weighted by molar-refractivity contribution is -0.114. The van der Waals surface area contributed by atoms with Crippen LogP contribution in [-0.2, 0) is 19.6 Å². The molecule has 33 heavy (non-hydrogen) atoms. The van der Waals surface area contributed by atoms with Gasteiger partial charge in [-0.1, -0.05) is 0 Å². The van der Waals surface area contributed by atoms with Crippen molar-refractivity contribution in [1.29, 1.82) is 0 Å². The van der Waals surface area contributed by atoms with Gasteiger partial charge in [0.1, 0.15) is 0 Å². The van der Waals surface area contributed by atoms with Gasteiger partial charge in [0.15, 0.2) is 0 Å². The molecule has 1 aromatic heterocycles. The molecule has 0 bridgehead atoms. The predicted octanol–water partition coefficient (Wildman–Crippen LogP) is 2.72. The van der Waals surface area contributed by atoms with E-state index in [1.54, 1.807) is 55.6 Å². The third-order valence-electron chi connectivity index (χ3n) is 5.11. The minimum Gasteiger partial charge on any atom is -0.465 e. The Hall–Kier alpha value is -4.02. The minimum absolute atomic E-state index is 0.0149. The molecule has 1 aliphatic rings. The molecule has 0 saturated heterocycles. The van der Waals surface area contributed by atoms with E-state index in [2.05, 4.69) is 5.10 Å². The van der Waals surface area contributed by atoms with E-state index in [4.69, 9.17) is 9.88 Å². The van der Waals surface area contributed by atoms with Gasteiger partial charge in [-0.25, -0.2) is 18.4 Å². The molecule has 10 heteroatoms. The number of sulfonamides is 1. The third kappa shape index (κ3) is 4.34. The van der Waals surface area contributed by atoms with Crippen molar-refractivity contribution < 1.29 is 22.7 Å². The number of primary sulfonamides is 1. The van der Waals surface area contributed by atoms with E-state index < -0.39 is 16.0 Å². The van der Waals surface area contributed by atoms with Crippen LogP contribution in [0.2, 0.25) is 0 Å². The summed E-state index contributed by atoms with van der Waals surface area (Å²) in [5.74, 6) is -0.775. The largest absolute Gasteiger partial charge is 0.465 e. The number of methoxy groups -OCH3 is 1. The number of aromatic nitrogens is 1. The summed E-state index contributed by atoms with van der Waals surface area (Å²) in [4.78, 5) is 24.7. The van der Waals surface area contributed by atoms with Crippen LogP contribution in [0.1, 0.15) is 23.0 Å². The third-order valence-corrected chi connectivity index (χ3v) is 6.04. The lowest BCUT2D eigenvalue weighted by Gasteiger charge is -2.12. The molecule has 1 aliphatic heterocycles. The molecule has 0 atom stereocenters. The zero-order chi connectivity index (χ0) is 23.8. The van der Waals surface area contributed by atoms with Crippen LogP contribution in [0.4, 0.5) is 5.69 Å². The summed E-state index contributed by atoms with van der Waals surface area (Å²) in [6.07, 6.45) is 3.52. The Kier molecular flexibility index (Phi) is 5.71. The van der Waals surface area contributed by atoms with Crippen LogP contribution in [0.15, 0.2) is 82.4 Å². The number of nitrogens with zero attached hydrogens (tertiary/aromatic N) is 3. The molecular weight excluding hydrogens is 444 g/mol. The lowest BCUT2D eigenvalue weighted by atomic mass is 10.1. The lowest BCUT2D eigenvalue weighted by Crippen LogP contribution is -2.21. The molecule has 0 radical (unpaired) electrons. The van der Waals surface area contributed by atoms with Gasteiger partial charge in [-0.05, 0) is 73.7 Å². The molecule has 0 saturated carbocycles. The van der Waals surface area contributed by atoms with Crippen molar-refractivity contribution in [2.24, 2.45) is 10.2 Å². The fourth-order valence-electron chi connectivity index (χ4n) is 3.41. The van der Waals surface area contributed by atoms with E-state index in [9.17, 15) is 18.0 Å². The van der Waals surface area contributed by atoms with Gasteiger partial charge in [-0.15, -0.1) is 0 Å². The summed E-state index contributed by atoms with van der Waals surface area (Å²) in [6, 6.07) is 16.1. The number of nitrogens with two attached hydrogens (primary N) is 1. The van der Waals surface area contributed by atoms with Crippen molar-refractivity contribution in [2.75, 3.05) is 12.1 Å². The molecule has 0 aliphatic carbocycles. The summed E-state index contributed by atoms with van der Waals surface area (Å²) in [5, 5.41) is 10.8. The number of carbonyl (C=O) groups excluding carboxylic acids is 2. The summed E-state index contributed by atoms with van der Waals surface area (Å²) < 4.78 is 29.5. The molecule has 0 fully saturated rings. The van der Waals surface area contributed by atoms with Gasteiger partial charge in [0.25, 0.3) is 5.91 Å². The Bertz CT molecular complexity index is 1400. The topological polar surface area (TPSA) is 124 Å². The van der Waals surface area contributed by atoms with E-state index in [1.165, 1.54) is 24.3 Å². The maximum atomic E-state index is 13.1. The summed E-state index contributed by atoms with van der Waals surface area (Å²) in [7, 11) is -2.49. The van der Waals surface area contributed by atoms with Gasteiger partial charge < -0.3 is 9.30 Å². The fourth-order valence-corrected chi connectivity index (χ4v) is 3.92. The summed E-state index contributed by atoms with van der Waals surface area (Å²) >= 11 is 0. The van der Waals surface area contributed by atoms with E-state index in [-0.39, 0.29) is 10.8 Å². The van der Waals surface area contributed by atoms with Crippen LogP contribution in [0.3, 0.4) is 0 Å². The normalized spacial score (nSPS) is 15.1. The molecule has 2 aromatic carbocycles. The molecule has 2 N–H and O–H groups in total. The highest BCUT2D eigenvalue weighted by molar-refractivity contribution is 7.89. The number of hydrogen-bond donors (Lipinski definition) is 1. The Morgan fingerprint density at radius 2 is 1.67 bits per heavy atom. The van der Waals surface area contributed by atoms with Gasteiger partial charge in [-0.3, -0.25) is 4.79 Å². The monoisotopic (exact) mass is 464 g/mol. The standard InChI is InChI=1S/C23H20N4O5S/c1-15-21(22(28)27(25-15)18-7-5-16(6-8-18)23(29)32-2)14-19-4-3-13-26(19)17-9-11-20(12-10-17)33(24,30)31/h3-14H,1-2H3,(H2,24,30,31)/b21-14-. The highest BCUT2D eigenvalue weighted by Crippen LogP contribution is 2.26. The fraction of sp³-hybridized carbons (Fsp3) is 0.0870. The first-order chi connectivity index (χ1) is 15.7. The zero-order valence-corrected chi connectivity index (χ0v) is 18.6. The van der Waals surface area contributed by atoms with Gasteiger partial charge in [0.05, 0.1) is 34.5 Å². The molecule has 3 aromatic rings. The van der Waals surface area contributed by atoms with Crippen molar-refractivity contribution >= 4 is 39.4 Å². The first kappa shape index (κ1) is 22.2. The number of amides is 1. The number of hydrogen-bond acceptors (Lipinski definition) is 6. The Morgan fingerprint density at radius 3 is 2.27 bits per heavy atom. The van der Waals surface area contributed by atoms with Crippen molar-refractivity contribution in [1.82, 2.24) is 4.57 Å². The van der Waals surface area contributed by atoms with E-state index in [0.29, 0.717) is 33.9 Å². The van der Waals surface area contributed by atoms with Gasteiger partial charge in [0.2, 0.25) is 10.0 Å². The summed E-state index contributed by atoms with van der Waals surface area (Å²) in [5.41, 5.74) is 3.25. The SMILES string of the molecule is COC(=O)c1ccc(N2N=C(C)/C(=C/c3cccn3-c3ccc(S(N)(=O)=O)cc3)C2=O)cc1. The number of carbonyl (C=O) groups is 2. The molecule has 168 valence electrons. The van der Waals surface area contributed by atoms with Crippen molar-refractivity contribution in [3.63, 3.8) is 0 Å². The van der Waals surface area contributed by atoms with Crippen LogP contribution >= 0.6 is 0 Å². The number of anilines is 1. The number of hydrazone groups is 1. The predicted molar refractivity (Wildman–Crippen MR) is 123 cm³/mol. The Labute approximate surface area is 190 Å². The second kappa shape index (κ2) is 8.49. The minimum atomic E-state index is -3.79. The Morgan fingerprint density at radius 1 is 1.03 bits per heavy atom. The highest BCUT2D eigenvalue weighted by atomic mass is 32.2.